The molecule has 0 spiro atoms. The molecule has 1 saturated heterocycles. The van der Waals surface area contributed by atoms with Gasteiger partial charge in [-0.15, -0.1) is 0 Å². The molecule has 2 atom stereocenters. The summed E-state index contributed by atoms with van der Waals surface area (Å²) in [5.41, 5.74) is -0.419. The number of carbonyl (C=O) groups excluding carboxylic acids is 3. The van der Waals surface area contributed by atoms with Crippen LogP contribution in [0.1, 0.15) is 23.7 Å². The molecule has 1 aliphatic rings. The van der Waals surface area contributed by atoms with E-state index < -0.39 is 30.0 Å². The van der Waals surface area contributed by atoms with E-state index in [1.165, 1.54) is 30.6 Å². The maximum Gasteiger partial charge on any atom is 0.255 e. The second-order valence-corrected chi connectivity index (χ2v) is 6.13. The van der Waals surface area contributed by atoms with Gasteiger partial charge >= 0.3 is 0 Å². The van der Waals surface area contributed by atoms with E-state index in [-0.39, 0.29) is 19.1 Å². The Hall–Kier alpha value is -2.39. The number of hydrogen-bond acceptors (Lipinski definition) is 6. The molecule has 2 rings (SSSR count). The van der Waals surface area contributed by atoms with Crippen molar-refractivity contribution in [3.05, 3.63) is 24.2 Å². The molecule has 3 N–H and O–H groups in total. The topological polar surface area (TPSA) is 121 Å². The van der Waals surface area contributed by atoms with E-state index in [9.17, 15) is 14.4 Å². The van der Waals surface area contributed by atoms with Crippen LogP contribution in [0.5, 0.6) is 0 Å². The first-order chi connectivity index (χ1) is 11.9. The van der Waals surface area contributed by atoms with Crippen LogP contribution >= 0.6 is 0 Å². The second-order valence-electron chi connectivity index (χ2n) is 6.13. The molecule has 3 amide bonds. The van der Waals surface area contributed by atoms with E-state index in [0.717, 1.165) is 0 Å². The van der Waals surface area contributed by atoms with Gasteiger partial charge in [0.2, 0.25) is 11.8 Å². The van der Waals surface area contributed by atoms with E-state index >= 15 is 0 Å². The second kappa shape index (κ2) is 8.13. The summed E-state index contributed by atoms with van der Waals surface area (Å²) in [4.78, 5) is 37.6. The Bertz CT molecular complexity index is 617. The van der Waals surface area contributed by atoms with Gasteiger partial charge in [-0.1, -0.05) is 0 Å². The molecule has 9 heteroatoms. The zero-order valence-corrected chi connectivity index (χ0v) is 14.3. The van der Waals surface area contributed by atoms with Crippen LogP contribution in [-0.4, -0.2) is 72.7 Å². The zero-order valence-electron chi connectivity index (χ0n) is 14.3. The maximum atomic E-state index is 12.5. The van der Waals surface area contributed by atoms with E-state index in [1.54, 1.807) is 6.92 Å². The lowest BCUT2D eigenvalue weighted by molar-refractivity contribution is -0.134. The molecular formula is C16H23N3O6. The summed E-state index contributed by atoms with van der Waals surface area (Å²) in [6.07, 6.45) is 3.17. The summed E-state index contributed by atoms with van der Waals surface area (Å²) in [6, 6.07) is 0.723. The predicted octanol–water partition coefficient (Wildman–Crippen LogP) is -0.876. The molecule has 0 aliphatic carbocycles. The van der Waals surface area contributed by atoms with Crippen LogP contribution in [0, 0.1) is 0 Å². The minimum Gasteiger partial charge on any atom is -0.472 e. The molecule has 0 radical (unpaired) electrons. The molecule has 1 aliphatic heterocycles. The summed E-state index contributed by atoms with van der Waals surface area (Å²) in [5.74, 6) is -1.19. The van der Waals surface area contributed by atoms with E-state index in [4.69, 9.17) is 14.3 Å². The number of methoxy groups -OCH3 is 1. The first-order valence-corrected chi connectivity index (χ1v) is 7.93. The number of nitrogens with zero attached hydrogens (tertiary/aromatic N) is 1. The fourth-order valence-electron chi connectivity index (χ4n) is 2.83. The minimum absolute atomic E-state index is 0.219. The van der Waals surface area contributed by atoms with Crippen molar-refractivity contribution in [2.24, 2.45) is 0 Å². The highest BCUT2D eigenvalue weighted by molar-refractivity contribution is 5.97. The quantitative estimate of drug-likeness (QED) is 0.586. The molecule has 2 unspecified atom stereocenters. The van der Waals surface area contributed by atoms with Gasteiger partial charge in [-0.05, 0) is 19.4 Å². The smallest absolute Gasteiger partial charge is 0.255 e. The Balaban J connectivity index is 1.98. The Kier molecular flexibility index (Phi) is 6.16. The number of aliphatic hydroxyl groups is 1. The Morgan fingerprint density at radius 2 is 2.24 bits per heavy atom. The first kappa shape index (κ1) is 18.9. The highest BCUT2D eigenvalue weighted by Crippen LogP contribution is 2.22. The van der Waals surface area contributed by atoms with Crippen molar-refractivity contribution in [2.45, 2.75) is 24.9 Å². The zero-order chi connectivity index (χ0) is 18.4. The van der Waals surface area contributed by atoms with E-state index in [0.29, 0.717) is 18.5 Å². The van der Waals surface area contributed by atoms with Crippen molar-refractivity contribution in [1.82, 2.24) is 15.5 Å². The van der Waals surface area contributed by atoms with Gasteiger partial charge in [0.05, 0.1) is 24.0 Å². The molecule has 9 nitrogen and oxygen atoms in total. The maximum absolute atomic E-state index is 12.5. The van der Waals surface area contributed by atoms with Gasteiger partial charge < -0.3 is 29.8 Å². The summed E-state index contributed by atoms with van der Waals surface area (Å²) >= 11 is 0. The lowest BCUT2D eigenvalue weighted by atomic mass is 9.99. The lowest BCUT2D eigenvalue weighted by Crippen LogP contribution is -2.58. The van der Waals surface area contributed by atoms with Crippen LogP contribution in [0.15, 0.2) is 23.0 Å². The molecule has 25 heavy (non-hydrogen) atoms. The number of amides is 3. The standard InChI is InChI=1S/C16H23N3O6/c1-11(17-15(23)12-3-6-25-8-12)14(22)18-16(10-24-2)4-5-19(9-16)13(21)7-20/h3,6,8,11,20H,4-5,7,9-10H2,1-2H3,(H,17,23)(H,18,22). The normalized spacial score (nSPS) is 21.0. The van der Waals surface area contributed by atoms with Crippen LogP contribution in [-0.2, 0) is 14.3 Å². The summed E-state index contributed by atoms with van der Waals surface area (Å²) in [7, 11) is 1.51. The largest absolute Gasteiger partial charge is 0.472 e. The van der Waals surface area contributed by atoms with Gasteiger partial charge in [0.1, 0.15) is 18.9 Å². The van der Waals surface area contributed by atoms with Crippen LogP contribution in [0.4, 0.5) is 0 Å². The van der Waals surface area contributed by atoms with Gasteiger partial charge in [0.25, 0.3) is 5.91 Å². The third-order valence-corrected chi connectivity index (χ3v) is 4.18. The van der Waals surface area contributed by atoms with Crippen molar-refractivity contribution in [3.8, 4) is 0 Å². The van der Waals surface area contributed by atoms with Crippen molar-refractivity contribution < 1.29 is 28.6 Å². The number of aliphatic hydroxyl groups excluding tert-OH is 1. The summed E-state index contributed by atoms with van der Waals surface area (Å²) in [6.45, 7) is 1.87. The Morgan fingerprint density at radius 3 is 2.84 bits per heavy atom. The van der Waals surface area contributed by atoms with Gasteiger partial charge in [0.15, 0.2) is 0 Å². The summed E-state index contributed by atoms with van der Waals surface area (Å²) in [5, 5.41) is 14.5. The molecule has 0 aromatic carbocycles. The van der Waals surface area contributed by atoms with Gasteiger partial charge in [-0.3, -0.25) is 14.4 Å². The fraction of sp³-hybridized carbons (Fsp3) is 0.562. The van der Waals surface area contributed by atoms with Crippen molar-refractivity contribution in [3.63, 3.8) is 0 Å². The number of hydrogen-bond donors (Lipinski definition) is 3. The minimum atomic E-state index is -0.779. The monoisotopic (exact) mass is 353 g/mol. The third kappa shape index (κ3) is 4.58. The predicted molar refractivity (Wildman–Crippen MR) is 86.7 cm³/mol. The average molecular weight is 353 g/mol. The molecule has 1 aromatic rings. The Morgan fingerprint density at radius 1 is 1.48 bits per heavy atom. The van der Waals surface area contributed by atoms with Crippen LogP contribution in [0.3, 0.4) is 0 Å². The number of likely N-dealkylation sites (tertiary alicyclic amines) is 1. The molecule has 0 saturated carbocycles. The van der Waals surface area contributed by atoms with Crippen molar-refractivity contribution >= 4 is 17.7 Å². The molecule has 2 heterocycles. The number of furan rings is 1. The van der Waals surface area contributed by atoms with Gasteiger partial charge in [0, 0.05) is 20.2 Å². The molecule has 138 valence electrons. The van der Waals surface area contributed by atoms with Gasteiger partial charge in [-0.2, -0.15) is 0 Å². The van der Waals surface area contributed by atoms with Crippen LogP contribution < -0.4 is 10.6 Å². The lowest BCUT2D eigenvalue weighted by Gasteiger charge is -2.31. The SMILES string of the molecule is COCC1(NC(=O)C(C)NC(=O)c2ccoc2)CCN(C(=O)CO)C1. The fourth-order valence-corrected chi connectivity index (χ4v) is 2.83. The molecular weight excluding hydrogens is 330 g/mol. The van der Waals surface area contributed by atoms with Crippen molar-refractivity contribution in [2.75, 3.05) is 33.4 Å². The molecule has 1 aromatic heterocycles. The number of nitrogens with one attached hydrogen (secondary N) is 2. The molecule has 1 fully saturated rings. The molecule has 0 bridgehead atoms. The third-order valence-electron chi connectivity index (χ3n) is 4.18. The Labute approximate surface area is 145 Å². The number of rotatable bonds is 7. The number of carbonyl (C=O) groups is 3. The van der Waals surface area contributed by atoms with E-state index in [2.05, 4.69) is 10.6 Å². The first-order valence-electron chi connectivity index (χ1n) is 7.93. The number of ether oxygens (including phenoxy) is 1. The highest BCUT2D eigenvalue weighted by atomic mass is 16.5. The summed E-state index contributed by atoms with van der Waals surface area (Å²) < 4.78 is 10.0. The van der Waals surface area contributed by atoms with Crippen LogP contribution in [0.2, 0.25) is 0 Å². The van der Waals surface area contributed by atoms with Crippen LogP contribution in [0.25, 0.3) is 0 Å². The average Bonchev–Trinajstić information content (AvgIpc) is 3.24. The van der Waals surface area contributed by atoms with Crippen molar-refractivity contribution in [1.29, 1.82) is 0 Å². The highest BCUT2D eigenvalue weighted by Gasteiger charge is 2.41. The van der Waals surface area contributed by atoms with E-state index in [1.807, 2.05) is 0 Å². The van der Waals surface area contributed by atoms with Gasteiger partial charge in [-0.25, -0.2) is 0 Å².